The fourth-order valence-corrected chi connectivity index (χ4v) is 4.52. The largest absolute Gasteiger partial charge is 0.399 e. The van der Waals surface area contributed by atoms with Gasteiger partial charge in [-0.25, -0.2) is 0 Å². The van der Waals surface area contributed by atoms with E-state index < -0.39 is 5.41 Å². The number of rotatable bonds is 3. The first-order valence-electron chi connectivity index (χ1n) is 9.93. The van der Waals surface area contributed by atoms with Crippen molar-refractivity contribution >= 4 is 24.0 Å². The second-order valence-electron chi connectivity index (χ2n) is 7.94. The number of anilines is 1. The molecule has 0 aromatic heterocycles. The van der Waals surface area contributed by atoms with Gasteiger partial charge in [0.1, 0.15) is 0 Å². The van der Waals surface area contributed by atoms with Crippen molar-refractivity contribution in [3.8, 4) is 0 Å². The number of fused-ring (bicyclic) bond motifs is 1. The highest BCUT2D eigenvalue weighted by molar-refractivity contribution is 5.89. The van der Waals surface area contributed by atoms with Crippen LogP contribution in [0, 0.1) is 6.92 Å². The van der Waals surface area contributed by atoms with Gasteiger partial charge in [-0.3, -0.25) is 4.79 Å². The lowest BCUT2D eigenvalue weighted by Gasteiger charge is -2.38. The summed E-state index contributed by atoms with van der Waals surface area (Å²) in [6.07, 6.45) is 4.53. The molecule has 1 heterocycles. The zero-order valence-corrected chi connectivity index (χ0v) is 17.2. The quantitative estimate of drug-likeness (QED) is 0.757. The smallest absolute Gasteiger partial charge is 0.231 e. The molecule has 1 amide bonds. The molecule has 5 heteroatoms. The number of hydrogen-bond donors (Lipinski definition) is 2. The molecule has 0 radical (unpaired) electrons. The number of ether oxygens (including phenoxy) is 1. The molecule has 0 bridgehead atoms. The predicted octanol–water partition coefficient (Wildman–Crippen LogP) is 4.24. The number of carbonyl (C=O) groups excluding carboxylic acids is 1. The van der Waals surface area contributed by atoms with Crippen LogP contribution >= 0.6 is 12.4 Å². The van der Waals surface area contributed by atoms with Crippen LogP contribution in [-0.2, 0) is 21.4 Å². The molecule has 4 nitrogen and oxygen atoms in total. The molecule has 150 valence electrons. The van der Waals surface area contributed by atoms with Crippen LogP contribution in [0.1, 0.15) is 54.0 Å². The van der Waals surface area contributed by atoms with Crippen LogP contribution < -0.4 is 11.1 Å². The molecule has 4 rings (SSSR count). The van der Waals surface area contributed by atoms with Crippen LogP contribution in [0.4, 0.5) is 5.69 Å². The van der Waals surface area contributed by atoms with E-state index in [2.05, 4.69) is 48.6 Å². The van der Waals surface area contributed by atoms with Gasteiger partial charge in [-0.05, 0) is 67.9 Å². The van der Waals surface area contributed by atoms with Crippen LogP contribution in [0.2, 0.25) is 0 Å². The van der Waals surface area contributed by atoms with E-state index in [9.17, 15) is 4.79 Å². The van der Waals surface area contributed by atoms with Crippen molar-refractivity contribution in [1.29, 1.82) is 0 Å². The van der Waals surface area contributed by atoms with Crippen LogP contribution in [-0.4, -0.2) is 19.1 Å². The van der Waals surface area contributed by atoms with Crippen molar-refractivity contribution in [3.05, 3.63) is 64.7 Å². The highest BCUT2D eigenvalue weighted by Gasteiger charge is 2.42. The fraction of sp³-hybridized carbons (Fsp3) is 0.435. The maximum absolute atomic E-state index is 13.6. The Morgan fingerprint density at radius 3 is 2.57 bits per heavy atom. The molecule has 1 unspecified atom stereocenters. The molecular formula is C23H29ClN2O2. The first kappa shape index (κ1) is 20.7. The molecule has 1 fully saturated rings. The third kappa shape index (κ3) is 3.89. The average molecular weight is 401 g/mol. The zero-order valence-electron chi connectivity index (χ0n) is 16.4. The molecule has 1 aliphatic carbocycles. The van der Waals surface area contributed by atoms with Crippen molar-refractivity contribution in [1.82, 2.24) is 5.32 Å². The number of nitrogen functional groups attached to an aromatic ring is 1. The molecule has 1 atom stereocenters. The molecule has 1 aliphatic heterocycles. The van der Waals surface area contributed by atoms with Crippen LogP contribution in [0.3, 0.4) is 0 Å². The maximum Gasteiger partial charge on any atom is 0.231 e. The van der Waals surface area contributed by atoms with Gasteiger partial charge >= 0.3 is 0 Å². The second kappa shape index (κ2) is 8.54. The minimum atomic E-state index is -0.503. The zero-order chi connectivity index (χ0) is 18.9. The van der Waals surface area contributed by atoms with E-state index in [0.29, 0.717) is 13.2 Å². The minimum Gasteiger partial charge on any atom is -0.399 e. The Morgan fingerprint density at radius 1 is 1.14 bits per heavy atom. The number of hydrogen-bond acceptors (Lipinski definition) is 3. The summed E-state index contributed by atoms with van der Waals surface area (Å²) in [5, 5.41) is 3.38. The maximum atomic E-state index is 13.6. The third-order valence-corrected chi connectivity index (χ3v) is 6.17. The van der Waals surface area contributed by atoms with Gasteiger partial charge in [0.15, 0.2) is 0 Å². The lowest BCUT2D eigenvalue weighted by molar-refractivity contribution is -0.131. The van der Waals surface area contributed by atoms with Crippen molar-refractivity contribution in [2.45, 2.75) is 50.5 Å². The summed E-state index contributed by atoms with van der Waals surface area (Å²) in [4.78, 5) is 13.6. The Kier molecular flexibility index (Phi) is 6.31. The van der Waals surface area contributed by atoms with E-state index in [-0.39, 0.29) is 24.4 Å². The topological polar surface area (TPSA) is 64.4 Å². The van der Waals surface area contributed by atoms with E-state index in [1.165, 1.54) is 16.7 Å². The molecule has 3 N–H and O–H groups in total. The summed E-state index contributed by atoms with van der Waals surface area (Å²) in [5.74, 6) is 0.129. The number of amides is 1. The summed E-state index contributed by atoms with van der Waals surface area (Å²) >= 11 is 0. The normalized spacial score (nSPS) is 20.5. The second-order valence-corrected chi connectivity index (χ2v) is 7.94. The summed E-state index contributed by atoms with van der Waals surface area (Å²) < 4.78 is 5.59. The van der Waals surface area contributed by atoms with E-state index >= 15 is 0 Å². The van der Waals surface area contributed by atoms with Gasteiger partial charge in [-0.15, -0.1) is 12.4 Å². The number of nitrogens with one attached hydrogen (secondary N) is 1. The number of nitrogens with two attached hydrogens (primary N) is 1. The Bertz CT molecular complexity index is 829. The molecule has 0 saturated carbocycles. The van der Waals surface area contributed by atoms with Crippen molar-refractivity contribution in [2.24, 2.45) is 0 Å². The van der Waals surface area contributed by atoms with Crippen molar-refractivity contribution in [3.63, 3.8) is 0 Å². The number of carbonyl (C=O) groups is 1. The van der Waals surface area contributed by atoms with Crippen molar-refractivity contribution in [2.75, 3.05) is 18.9 Å². The monoisotopic (exact) mass is 400 g/mol. The number of halogens is 1. The molecule has 2 aromatic rings. The van der Waals surface area contributed by atoms with Gasteiger partial charge in [-0.2, -0.15) is 0 Å². The molecule has 1 saturated heterocycles. The highest BCUT2D eigenvalue weighted by Crippen LogP contribution is 2.38. The van der Waals surface area contributed by atoms with Gasteiger partial charge in [0, 0.05) is 18.9 Å². The van der Waals surface area contributed by atoms with Crippen LogP contribution in [0.5, 0.6) is 0 Å². The van der Waals surface area contributed by atoms with Gasteiger partial charge in [0.25, 0.3) is 0 Å². The van der Waals surface area contributed by atoms with E-state index in [1.54, 1.807) is 0 Å². The van der Waals surface area contributed by atoms with Gasteiger partial charge in [-0.1, -0.05) is 35.9 Å². The summed E-state index contributed by atoms with van der Waals surface area (Å²) in [7, 11) is 0. The van der Waals surface area contributed by atoms with E-state index in [4.69, 9.17) is 10.5 Å². The molecule has 2 aliphatic rings. The Morgan fingerprint density at radius 2 is 1.86 bits per heavy atom. The predicted molar refractivity (Wildman–Crippen MR) is 115 cm³/mol. The van der Waals surface area contributed by atoms with E-state index in [0.717, 1.165) is 43.4 Å². The fourth-order valence-electron chi connectivity index (χ4n) is 4.52. The van der Waals surface area contributed by atoms with Gasteiger partial charge in [0.05, 0.1) is 11.5 Å². The Labute approximate surface area is 173 Å². The SMILES string of the molecule is Cc1ccc(C2(C(=O)NC3CCCc4cc(N)ccc43)CCOCC2)cc1.Cl. The highest BCUT2D eigenvalue weighted by atomic mass is 35.5. The number of benzene rings is 2. The van der Waals surface area contributed by atoms with Crippen LogP contribution in [0.25, 0.3) is 0 Å². The third-order valence-electron chi connectivity index (χ3n) is 6.17. The lowest BCUT2D eigenvalue weighted by atomic mass is 9.72. The number of aryl methyl sites for hydroxylation is 2. The van der Waals surface area contributed by atoms with Gasteiger partial charge in [0.2, 0.25) is 5.91 Å². The first-order valence-corrected chi connectivity index (χ1v) is 9.93. The molecule has 28 heavy (non-hydrogen) atoms. The molecule has 0 spiro atoms. The lowest BCUT2D eigenvalue weighted by Crippen LogP contribution is -2.49. The van der Waals surface area contributed by atoms with Gasteiger partial charge < -0.3 is 15.8 Å². The molecular weight excluding hydrogens is 372 g/mol. The van der Waals surface area contributed by atoms with Crippen molar-refractivity contribution < 1.29 is 9.53 Å². The Balaban J connectivity index is 0.00000225. The Hall–Kier alpha value is -2.04. The first-order chi connectivity index (χ1) is 13.1. The molecule has 2 aromatic carbocycles. The standard InChI is InChI=1S/C23H28N2O2.ClH/c1-16-5-7-18(8-6-16)23(11-13-27-14-12-23)22(26)25-21-4-2-3-17-15-19(24)9-10-20(17)21;/h5-10,15,21H,2-4,11-14,24H2,1H3,(H,25,26);1H. The van der Waals surface area contributed by atoms with E-state index in [1.807, 2.05) is 6.07 Å². The average Bonchev–Trinajstić information content (AvgIpc) is 2.69. The summed E-state index contributed by atoms with van der Waals surface area (Å²) in [6.45, 7) is 3.32. The summed E-state index contributed by atoms with van der Waals surface area (Å²) in [6, 6.07) is 14.5. The summed E-state index contributed by atoms with van der Waals surface area (Å²) in [5.41, 5.74) is 11.0. The minimum absolute atomic E-state index is 0. The van der Waals surface area contributed by atoms with Crippen LogP contribution in [0.15, 0.2) is 42.5 Å².